The summed E-state index contributed by atoms with van der Waals surface area (Å²) in [4.78, 5) is 15.2. The van der Waals surface area contributed by atoms with Gasteiger partial charge in [0.1, 0.15) is 29.6 Å². The number of ether oxygens (including phenoxy) is 5. The SMILES string of the molecule is COc1cccc(Oc2c(C(F)(F)F)oc3c4c(ccc3c2=O)OCN(Cc2ccc(OC)c(OC)c2)C4)c1. The van der Waals surface area contributed by atoms with E-state index >= 15 is 0 Å². The predicted octanol–water partition coefficient (Wildman–Crippen LogP) is 5.98. The molecule has 0 saturated carbocycles. The normalized spacial score (nSPS) is 13.5. The van der Waals surface area contributed by atoms with Crippen molar-refractivity contribution in [2.45, 2.75) is 19.3 Å². The highest BCUT2D eigenvalue weighted by Gasteiger charge is 2.41. The second kappa shape index (κ2) is 10.4. The maximum Gasteiger partial charge on any atom is 0.453 e. The number of hydrogen-bond donors (Lipinski definition) is 0. The minimum absolute atomic E-state index is 0.00566. The molecule has 39 heavy (non-hydrogen) atoms. The molecule has 0 aliphatic carbocycles. The van der Waals surface area contributed by atoms with E-state index in [0.717, 1.165) is 5.56 Å². The Balaban J connectivity index is 1.54. The van der Waals surface area contributed by atoms with Crippen LogP contribution in [-0.2, 0) is 19.3 Å². The van der Waals surface area contributed by atoms with Crippen LogP contribution in [0.1, 0.15) is 16.9 Å². The molecule has 11 heteroatoms. The number of nitrogens with zero attached hydrogens (tertiary/aromatic N) is 1. The standard InChI is InChI=1S/C28H24F3NO7/c1-34-17-5-4-6-18(12-17)38-26-24(33)19-8-10-21-20(25(19)39-27(26)28(29,30)31)14-32(15-37-21)13-16-7-9-22(35-2)23(11-16)36-3/h4-12H,13-15H2,1-3H3. The summed E-state index contributed by atoms with van der Waals surface area (Å²) >= 11 is 0. The summed E-state index contributed by atoms with van der Waals surface area (Å²) in [5, 5.41) is -0.0591. The fourth-order valence-corrected chi connectivity index (χ4v) is 4.39. The van der Waals surface area contributed by atoms with E-state index in [0.29, 0.717) is 35.1 Å². The van der Waals surface area contributed by atoms with Crippen LogP contribution in [0.15, 0.2) is 63.8 Å². The molecule has 0 amide bonds. The number of fused-ring (bicyclic) bond motifs is 3. The molecule has 2 heterocycles. The maximum absolute atomic E-state index is 14.1. The topological polar surface area (TPSA) is 79.6 Å². The predicted molar refractivity (Wildman–Crippen MR) is 135 cm³/mol. The van der Waals surface area contributed by atoms with Gasteiger partial charge < -0.3 is 28.1 Å². The van der Waals surface area contributed by atoms with E-state index in [9.17, 15) is 18.0 Å². The van der Waals surface area contributed by atoms with E-state index in [2.05, 4.69) is 0 Å². The Morgan fingerprint density at radius 1 is 0.923 bits per heavy atom. The quantitative estimate of drug-likeness (QED) is 0.282. The smallest absolute Gasteiger partial charge is 0.453 e. The van der Waals surface area contributed by atoms with Gasteiger partial charge in [-0.15, -0.1) is 0 Å². The molecular formula is C28H24F3NO7. The van der Waals surface area contributed by atoms with E-state index in [4.69, 9.17) is 28.1 Å². The van der Waals surface area contributed by atoms with Gasteiger partial charge in [0.25, 0.3) is 5.76 Å². The second-order valence-corrected chi connectivity index (χ2v) is 8.74. The molecule has 1 aliphatic rings. The van der Waals surface area contributed by atoms with Crippen LogP contribution < -0.4 is 29.1 Å². The molecule has 0 spiro atoms. The zero-order valence-electron chi connectivity index (χ0n) is 21.3. The highest BCUT2D eigenvalue weighted by Crippen LogP contribution is 2.41. The summed E-state index contributed by atoms with van der Waals surface area (Å²) in [5.41, 5.74) is 0.0344. The van der Waals surface area contributed by atoms with Gasteiger partial charge in [-0.2, -0.15) is 13.2 Å². The van der Waals surface area contributed by atoms with Crippen molar-refractivity contribution in [2.75, 3.05) is 28.1 Å². The molecule has 0 radical (unpaired) electrons. The molecule has 0 atom stereocenters. The minimum Gasteiger partial charge on any atom is -0.497 e. The van der Waals surface area contributed by atoms with Crippen molar-refractivity contribution in [2.24, 2.45) is 0 Å². The average molecular weight is 543 g/mol. The molecule has 0 saturated heterocycles. The van der Waals surface area contributed by atoms with Gasteiger partial charge in [-0.05, 0) is 42.0 Å². The van der Waals surface area contributed by atoms with E-state index < -0.39 is 23.1 Å². The first-order chi connectivity index (χ1) is 18.7. The second-order valence-electron chi connectivity index (χ2n) is 8.74. The lowest BCUT2D eigenvalue weighted by Gasteiger charge is -2.29. The fraction of sp³-hybridized carbons (Fsp3) is 0.250. The summed E-state index contributed by atoms with van der Waals surface area (Å²) in [6.45, 7) is 0.751. The highest BCUT2D eigenvalue weighted by molar-refractivity contribution is 5.84. The lowest BCUT2D eigenvalue weighted by molar-refractivity contribution is -0.154. The van der Waals surface area contributed by atoms with Gasteiger partial charge in [-0.1, -0.05) is 12.1 Å². The molecule has 0 bridgehead atoms. The Kier molecular flexibility index (Phi) is 7.00. The third kappa shape index (κ3) is 5.17. The monoisotopic (exact) mass is 543 g/mol. The van der Waals surface area contributed by atoms with Gasteiger partial charge >= 0.3 is 6.18 Å². The van der Waals surface area contributed by atoms with Crippen LogP contribution in [0, 0.1) is 0 Å². The average Bonchev–Trinajstić information content (AvgIpc) is 2.93. The van der Waals surface area contributed by atoms with Gasteiger partial charge in [0.05, 0.1) is 32.3 Å². The van der Waals surface area contributed by atoms with E-state index in [1.54, 1.807) is 18.2 Å². The molecule has 5 rings (SSSR count). The number of benzene rings is 3. The van der Waals surface area contributed by atoms with Crippen LogP contribution in [0.5, 0.6) is 34.5 Å². The van der Waals surface area contributed by atoms with Crippen molar-refractivity contribution in [1.82, 2.24) is 4.90 Å². The molecule has 3 aromatic carbocycles. The third-order valence-electron chi connectivity index (χ3n) is 6.24. The zero-order valence-corrected chi connectivity index (χ0v) is 21.3. The molecule has 204 valence electrons. The zero-order chi connectivity index (χ0) is 27.7. The van der Waals surface area contributed by atoms with Gasteiger partial charge in [0, 0.05) is 19.2 Å². The Bertz CT molecular complexity index is 1580. The van der Waals surface area contributed by atoms with Crippen LogP contribution in [0.4, 0.5) is 13.2 Å². The van der Waals surface area contributed by atoms with Gasteiger partial charge in [0.2, 0.25) is 11.2 Å². The van der Waals surface area contributed by atoms with Crippen molar-refractivity contribution in [3.63, 3.8) is 0 Å². The van der Waals surface area contributed by atoms with Crippen LogP contribution in [0.25, 0.3) is 11.0 Å². The van der Waals surface area contributed by atoms with Crippen LogP contribution in [-0.4, -0.2) is 33.0 Å². The summed E-state index contributed by atoms with van der Waals surface area (Å²) in [6, 6.07) is 14.3. The molecular weight excluding hydrogens is 519 g/mol. The Hall–Kier alpha value is -4.38. The third-order valence-corrected chi connectivity index (χ3v) is 6.24. The van der Waals surface area contributed by atoms with E-state index in [1.807, 2.05) is 17.0 Å². The maximum atomic E-state index is 14.1. The van der Waals surface area contributed by atoms with Crippen LogP contribution in [0.2, 0.25) is 0 Å². The van der Waals surface area contributed by atoms with Crippen LogP contribution >= 0.6 is 0 Å². The highest BCUT2D eigenvalue weighted by atomic mass is 19.4. The molecule has 1 aromatic heterocycles. The Morgan fingerprint density at radius 3 is 2.41 bits per heavy atom. The molecule has 8 nitrogen and oxygen atoms in total. The largest absolute Gasteiger partial charge is 0.497 e. The first-order valence-electron chi connectivity index (χ1n) is 11.8. The molecule has 0 N–H and O–H groups in total. The lowest BCUT2D eigenvalue weighted by atomic mass is 10.1. The number of halogens is 3. The van der Waals surface area contributed by atoms with Crippen molar-refractivity contribution >= 4 is 11.0 Å². The van der Waals surface area contributed by atoms with Gasteiger partial charge in [-0.25, -0.2) is 0 Å². The Morgan fingerprint density at radius 2 is 1.69 bits per heavy atom. The summed E-state index contributed by atoms with van der Waals surface area (Å²) in [5.74, 6) is -0.691. The number of hydrogen-bond acceptors (Lipinski definition) is 8. The van der Waals surface area contributed by atoms with Crippen LogP contribution in [0.3, 0.4) is 0 Å². The first kappa shape index (κ1) is 26.2. The van der Waals surface area contributed by atoms with Crippen molar-refractivity contribution in [1.29, 1.82) is 0 Å². The fourth-order valence-electron chi connectivity index (χ4n) is 4.39. The molecule has 4 aromatic rings. The summed E-state index contributed by atoms with van der Waals surface area (Å²) in [7, 11) is 4.47. The van der Waals surface area contributed by atoms with Gasteiger partial charge in [0.15, 0.2) is 11.5 Å². The molecule has 0 fully saturated rings. The summed E-state index contributed by atoms with van der Waals surface area (Å²) < 4.78 is 74.8. The number of methoxy groups -OCH3 is 3. The lowest BCUT2D eigenvalue weighted by Crippen LogP contribution is -2.32. The number of alkyl halides is 3. The minimum atomic E-state index is -5.00. The molecule has 1 aliphatic heterocycles. The Labute approximate surface area is 221 Å². The first-order valence-corrected chi connectivity index (χ1v) is 11.8. The summed E-state index contributed by atoms with van der Waals surface area (Å²) in [6.07, 6.45) is -5.00. The van der Waals surface area contributed by atoms with Gasteiger partial charge in [-0.3, -0.25) is 9.69 Å². The van der Waals surface area contributed by atoms with E-state index in [-0.39, 0.29) is 30.0 Å². The number of rotatable bonds is 7. The molecule has 0 unspecified atom stereocenters. The van der Waals surface area contributed by atoms with Crippen molar-refractivity contribution in [3.8, 4) is 34.5 Å². The van der Waals surface area contributed by atoms with Crippen molar-refractivity contribution in [3.05, 3.63) is 81.7 Å². The van der Waals surface area contributed by atoms with Crippen molar-refractivity contribution < 1.29 is 41.3 Å². The van der Waals surface area contributed by atoms with E-state index in [1.165, 1.54) is 45.6 Å².